The van der Waals surface area contributed by atoms with E-state index in [-0.39, 0.29) is 12.0 Å². The van der Waals surface area contributed by atoms with Crippen LogP contribution in [0.3, 0.4) is 0 Å². The summed E-state index contributed by atoms with van der Waals surface area (Å²) >= 11 is 0. The summed E-state index contributed by atoms with van der Waals surface area (Å²) in [5.41, 5.74) is 2.12. The normalized spacial score (nSPS) is 14.2. The zero-order valence-electron chi connectivity index (χ0n) is 14.8. The first kappa shape index (κ1) is 17.1. The predicted molar refractivity (Wildman–Crippen MR) is 97.4 cm³/mol. The number of amides is 1. The Morgan fingerprint density at radius 1 is 1.22 bits per heavy atom. The van der Waals surface area contributed by atoms with Gasteiger partial charge in [-0.05, 0) is 60.4 Å². The second-order valence-corrected chi connectivity index (χ2v) is 6.48. The van der Waals surface area contributed by atoms with E-state index in [1.807, 2.05) is 18.2 Å². The number of rotatable bonds is 6. The molecule has 0 saturated heterocycles. The standard InChI is InChI=1S/C19H20N6O2/c26-18(14-5-3-7-16(11-14)25-13-22-23-24-25)21-12-15-6-4-10-20-19(15)27-17-8-1-2-9-17/h3-7,10-11,13,17H,1-2,8-9,12H2,(H,21,26). The maximum atomic E-state index is 12.6. The predicted octanol–water partition coefficient (Wildman–Crippen LogP) is 2.31. The maximum absolute atomic E-state index is 12.6. The summed E-state index contributed by atoms with van der Waals surface area (Å²) in [4.78, 5) is 16.9. The van der Waals surface area contributed by atoms with Crippen LogP contribution < -0.4 is 10.1 Å². The number of hydrogen-bond donors (Lipinski definition) is 1. The number of nitrogens with zero attached hydrogens (tertiary/aromatic N) is 5. The first-order valence-corrected chi connectivity index (χ1v) is 9.02. The highest BCUT2D eigenvalue weighted by Crippen LogP contribution is 2.25. The van der Waals surface area contributed by atoms with Gasteiger partial charge < -0.3 is 10.1 Å². The number of benzene rings is 1. The molecule has 0 spiro atoms. The Bertz CT molecular complexity index is 906. The minimum Gasteiger partial charge on any atom is -0.474 e. The van der Waals surface area contributed by atoms with Gasteiger partial charge in [0.15, 0.2) is 0 Å². The summed E-state index contributed by atoms with van der Waals surface area (Å²) in [7, 11) is 0. The van der Waals surface area contributed by atoms with Gasteiger partial charge >= 0.3 is 0 Å². The lowest BCUT2D eigenvalue weighted by molar-refractivity contribution is 0.0950. The van der Waals surface area contributed by atoms with Gasteiger partial charge in [-0.15, -0.1) is 5.10 Å². The van der Waals surface area contributed by atoms with Crippen molar-refractivity contribution in [2.45, 2.75) is 38.3 Å². The Kier molecular flexibility index (Phi) is 5.04. The number of nitrogens with one attached hydrogen (secondary N) is 1. The number of hydrogen-bond acceptors (Lipinski definition) is 6. The highest BCUT2D eigenvalue weighted by atomic mass is 16.5. The van der Waals surface area contributed by atoms with Gasteiger partial charge in [-0.2, -0.15) is 0 Å². The van der Waals surface area contributed by atoms with Crippen LogP contribution in [0.25, 0.3) is 5.69 Å². The van der Waals surface area contributed by atoms with Gasteiger partial charge in [-0.3, -0.25) is 4.79 Å². The summed E-state index contributed by atoms with van der Waals surface area (Å²) in [5.74, 6) is 0.424. The van der Waals surface area contributed by atoms with Crippen molar-refractivity contribution in [2.75, 3.05) is 0 Å². The number of tetrazole rings is 1. The summed E-state index contributed by atoms with van der Waals surface area (Å²) < 4.78 is 7.53. The van der Waals surface area contributed by atoms with Crippen molar-refractivity contribution in [3.05, 3.63) is 60.0 Å². The molecule has 8 nitrogen and oxygen atoms in total. The van der Waals surface area contributed by atoms with Crippen LogP contribution in [0.1, 0.15) is 41.6 Å². The number of carbonyl (C=O) groups is 1. The molecular formula is C19H20N6O2. The lowest BCUT2D eigenvalue weighted by Crippen LogP contribution is -2.24. The molecule has 0 unspecified atom stereocenters. The average molecular weight is 364 g/mol. The fourth-order valence-electron chi connectivity index (χ4n) is 3.18. The molecule has 0 aliphatic heterocycles. The molecule has 8 heteroatoms. The molecule has 1 aliphatic rings. The Morgan fingerprint density at radius 3 is 2.93 bits per heavy atom. The van der Waals surface area contributed by atoms with Crippen LogP contribution in [0.4, 0.5) is 0 Å². The molecule has 1 amide bonds. The van der Waals surface area contributed by atoms with Crippen LogP contribution >= 0.6 is 0 Å². The minimum atomic E-state index is -0.180. The Morgan fingerprint density at radius 2 is 2.11 bits per heavy atom. The third kappa shape index (κ3) is 4.11. The van der Waals surface area contributed by atoms with Crippen LogP contribution in [-0.2, 0) is 6.54 Å². The lowest BCUT2D eigenvalue weighted by Gasteiger charge is -2.15. The third-order valence-corrected chi connectivity index (χ3v) is 4.59. The van der Waals surface area contributed by atoms with Gasteiger partial charge in [0.1, 0.15) is 12.4 Å². The quantitative estimate of drug-likeness (QED) is 0.721. The molecule has 0 atom stereocenters. The van der Waals surface area contributed by atoms with E-state index in [4.69, 9.17) is 4.74 Å². The van der Waals surface area contributed by atoms with E-state index in [2.05, 4.69) is 25.8 Å². The van der Waals surface area contributed by atoms with Crippen LogP contribution in [-0.4, -0.2) is 37.2 Å². The van der Waals surface area contributed by atoms with Crippen molar-refractivity contribution >= 4 is 5.91 Å². The smallest absolute Gasteiger partial charge is 0.251 e. The monoisotopic (exact) mass is 364 g/mol. The molecule has 0 bridgehead atoms. The molecule has 1 aromatic carbocycles. The summed E-state index contributed by atoms with van der Waals surface area (Å²) in [5, 5.41) is 14.0. The molecule has 2 heterocycles. The molecule has 1 saturated carbocycles. The maximum Gasteiger partial charge on any atom is 0.251 e. The fraction of sp³-hybridized carbons (Fsp3) is 0.316. The van der Waals surface area contributed by atoms with Crippen LogP contribution in [0.15, 0.2) is 48.9 Å². The number of pyridine rings is 1. The van der Waals surface area contributed by atoms with Crippen molar-refractivity contribution in [1.82, 2.24) is 30.5 Å². The molecule has 3 aromatic rings. The topological polar surface area (TPSA) is 94.8 Å². The summed E-state index contributed by atoms with van der Waals surface area (Å²) in [6.07, 6.45) is 7.94. The molecule has 4 rings (SSSR count). The van der Waals surface area contributed by atoms with E-state index in [0.29, 0.717) is 18.0 Å². The molecule has 1 N–H and O–H groups in total. The van der Waals surface area contributed by atoms with Gasteiger partial charge in [0.05, 0.1) is 5.69 Å². The molecule has 27 heavy (non-hydrogen) atoms. The van der Waals surface area contributed by atoms with E-state index in [1.165, 1.54) is 23.9 Å². The number of carbonyl (C=O) groups excluding carboxylic acids is 1. The summed E-state index contributed by atoms with van der Waals surface area (Å²) in [6, 6.07) is 10.9. The first-order chi connectivity index (χ1) is 13.3. The molecule has 138 valence electrons. The van der Waals surface area contributed by atoms with Crippen molar-refractivity contribution in [3.63, 3.8) is 0 Å². The largest absolute Gasteiger partial charge is 0.474 e. The minimum absolute atomic E-state index is 0.180. The molecule has 1 fully saturated rings. The summed E-state index contributed by atoms with van der Waals surface area (Å²) in [6.45, 7) is 0.351. The van der Waals surface area contributed by atoms with Crippen LogP contribution in [0, 0.1) is 0 Å². The van der Waals surface area contributed by atoms with Crippen molar-refractivity contribution in [3.8, 4) is 11.6 Å². The van der Waals surface area contributed by atoms with E-state index < -0.39 is 0 Å². The van der Waals surface area contributed by atoms with E-state index in [1.54, 1.807) is 24.4 Å². The van der Waals surface area contributed by atoms with E-state index >= 15 is 0 Å². The van der Waals surface area contributed by atoms with E-state index in [0.717, 1.165) is 24.1 Å². The van der Waals surface area contributed by atoms with Gasteiger partial charge in [0, 0.05) is 23.9 Å². The molecule has 0 radical (unpaired) electrons. The first-order valence-electron chi connectivity index (χ1n) is 9.02. The van der Waals surface area contributed by atoms with Gasteiger partial charge in [0.2, 0.25) is 5.88 Å². The van der Waals surface area contributed by atoms with Crippen LogP contribution in [0.2, 0.25) is 0 Å². The highest BCUT2D eigenvalue weighted by Gasteiger charge is 2.19. The SMILES string of the molecule is O=C(NCc1cccnc1OC1CCCC1)c1cccc(-n2cnnn2)c1. The average Bonchev–Trinajstić information content (AvgIpc) is 3.41. The molecular weight excluding hydrogens is 344 g/mol. The number of ether oxygens (including phenoxy) is 1. The second-order valence-electron chi connectivity index (χ2n) is 6.48. The van der Waals surface area contributed by atoms with Crippen molar-refractivity contribution < 1.29 is 9.53 Å². The zero-order chi connectivity index (χ0) is 18.5. The van der Waals surface area contributed by atoms with Gasteiger partial charge in [-0.1, -0.05) is 12.1 Å². The number of aromatic nitrogens is 5. The fourth-order valence-corrected chi connectivity index (χ4v) is 3.18. The molecule has 1 aliphatic carbocycles. The lowest BCUT2D eigenvalue weighted by atomic mass is 10.2. The third-order valence-electron chi connectivity index (χ3n) is 4.59. The second kappa shape index (κ2) is 7.94. The van der Waals surface area contributed by atoms with Gasteiger partial charge in [-0.25, -0.2) is 9.67 Å². The van der Waals surface area contributed by atoms with Crippen LogP contribution in [0.5, 0.6) is 5.88 Å². The Balaban J connectivity index is 1.43. The van der Waals surface area contributed by atoms with Crippen molar-refractivity contribution in [1.29, 1.82) is 0 Å². The van der Waals surface area contributed by atoms with Crippen molar-refractivity contribution in [2.24, 2.45) is 0 Å². The van der Waals surface area contributed by atoms with Gasteiger partial charge in [0.25, 0.3) is 5.91 Å². The van der Waals surface area contributed by atoms with E-state index in [9.17, 15) is 4.79 Å². The Labute approximate surface area is 156 Å². The Hall–Kier alpha value is -3.29. The molecule has 2 aromatic heterocycles. The zero-order valence-corrected chi connectivity index (χ0v) is 14.8. The highest BCUT2D eigenvalue weighted by molar-refractivity contribution is 5.94.